The average Bonchev–Trinajstić information content (AvgIpc) is 2.34. The van der Waals surface area contributed by atoms with Crippen molar-refractivity contribution in [1.29, 1.82) is 0 Å². The Morgan fingerprint density at radius 3 is 2.44 bits per heavy atom. The molecule has 2 aromatic rings. The summed E-state index contributed by atoms with van der Waals surface area (Å²) >= 11 is 5.75. The van der Waals surface area contributed by atoms with Crippen molar-refractivity contribution in [3.8, 4) is 0 Å². The minimum Gasteiger partial charge on any atom is -0.398 e. The van der Waals surface area contributed by atoms with Crippen molar-refractivity contribution in [1.82, 2.24) is 0 Å². The van der Waals surface area contributed by atoms with Crippen molar-refractivity contribution < 1.29 is 8.60 Å². The highest BCUT2D eigenvalue weighted by Gasteiger charge is 2.11. The van der Waals surface area contributed by atoms with E-state index < -0.39 is 16.6 Å². The summed E-state index contributed by atoms with van der Waals surface area (Å²) in [6.45, 7) is 0. The fraction of sp³-hybridized carbons (Fsp3) is 0.0769. The Bertz CT molecular complexity index is 566. The van der Waals surface area contributed by atoms with E-state index in [0.29, 0.717) is 15.6 Å². The Balaban J connectivity index is 2.24. The Hall–Kier alpha value is -1.39. The molecule has 0 saturated heterocycles. The zero-order valence-corrected chi connectivity index (χ0v) is 11.0. The molecule has 0 aliphatic heterocycles. The van der Waals surface area contributed by atoms with Gasteiger partial charge in [0.15, 0.2) is 0 Å². The molecule has 94 valence electrons. The second-order valence-corrected chi connectivity index (χ2v) is 5.64. The summed E-state index contributed by atoms with van der Waals surface area (Å²) in [4.78, 5) is 0.599. The second-order valence-electron chi connectivity index (χ2n) is 3.75. The molecule has 5 heteroatoms. The highest BCUT2D eigenvalue weighted by Crippen LogP contribution is 2.21. The molecule has 1 unspecified atom stereocenters. The Labute approximate surface area is 112 Å². The van der Waals surface area contributed by atoms with Gasteiger partial charge in [-0.2, -0.15) is 0 Å². The minimum absolute atomic E-state index is 0.0557. The van der Waals surface area contributed by atoms with Crippen LogP contribution in [0.25, 0.3) is 0 Å². The van der Waals surface area contributed by atoms with Crippen LogP contribution in [0.1, 0.15) is 5.56 Å². The molecule has 2 rings (SSSR count). The number of benzene rings is 2. The molecule has 1 atom stereocenters. The Kier molecular flexibility index (Phi) is 3.99. The van der Waals surface area contributed by atoms with Gasteiger partial charge >= 0.3 is 0 Å². The van der Waals surface area contributed by atoms with Crippen LogP contribution in [0.4, 0.5) is 10.1 Å². The second kappa shape index (κ2) is 5.50. The maximum atomic E-state index is 13.6. The third-order valence-corrected chi connectivity index (χ3v) is 4.11. The molecular formula is C13H11ClFNOS. The van der Waals surface area contributed by atoms with Gasteiger partial charge in [0.1, 0.15) is 5.82 Å². The maximum Gasteiger partial charge on any atom is 0.129 e. The van der Waals surface area contributed by atoms with Gasteiger partial charge in [-0.05, 0) is 36.4 Å². The fourth-order valence-electron chi connectivity index (χ4n) is 1.53. The molecule has 0 saturated carbocycles. The Morgan fingerprint density at radius 1 is 1.17 bits per heavy atom. The van der Waals surface area contributed by atoms with Crippen molar-refractivity contribution in [2.75, 3.05) is 5.73 Å². The molecule has 0 aromatic heterocycles. The first-order valence-electron chi connectivity index (χ1n) is 5.25. The summed E-state index contributed by atoms with van der Waals surface area (Å²) in [5.74, 6) is -0.377. The first kappa shape index (κ1) is 13.1. The molecular weight excluding hydrogens is 273 g/mol. The molecule has 0 radical (unpaired) electrons. The zero-order chi connectivity index (χ0) is 13.1. The van der Waals surface area contributed by atoms with E-state index in [1.807, 2.05) is 0 Å². The van der Waals surface area contributed by atoms with Crippen LogP contribution >= 0.6 is 11.6 Å². The smallest absolute Gasteiger partial charge is 0.129 e. The van der Waals surface area contributed by atoms with E-state index in [-0.39, 0.29) is 11.3 Å². The van der Waals surface area contributed by atoms with E-state index in [2.05, 4.69) is 0 Å². The number of hydrogen-bond donors (Lipinski definition) is 1. The molecule has 2 N–H and O–H groups in total. The maximum absolute atomic E-state index is 13.6. The summed E-state index contributed by atoms with van der Waals surface area (Å²) in [6.07, 6.45) is 0. The predicted molar refractivity (Wildman–Crippen MR) is 72.4 cm³/mol. The van der Waals surface area contributed by atoms with Crippen LogP contribution < -0.4 is 5.73 Å². The number of nitrogen functional groups attached to an aromatic ring is 1. The largest absolute Gasteiger partial charge is 0.398 e. The Morgan fingerprint density at radius 2 is 1.83 bits per heavy atom. The SMILES string of the molecule is Nc1cccc(F)c1CS(=O)c1ccc(Cl)cc1. The first-order valence-corrected chi connectivity index (χ1v) is 6.94. The third-order valence-electron chi connectivity index (χ3n) is 2.51. The summed E-state index contributed by atoms with van der Waals surface area (Å²) in [7, 11) is -1.34. The molecule has 2 aromatic carbocycles. The standard InChI is InChI=1S/C13H11ClFNOS/c14-9-4-6-10(7-5-9)18(17)8-11-12(15)2-1-3-13(11)16/h1-7H,8,16H2. The number of anilines is 1. The van der Waals surface area contributed by atoms with Crippen molar-refractivity contribution in [3.63, 3.8) is 0 Å². The van der Waals surface area contributed by atoms with E-state index in [1.54, 1.807) is 30.3 Å². The lowest BCUT2D eigenvalue weighted by atomic mass is 10.2. The number of rotatable bonds is 3. The number of halogens is 2. The molecule has 0 fully saturated rings. The van der Waals surface area contributed by atoms with E-state index in [4.69, 9.17) is 17.3 Å². The molecule has 0 aliphatic rings. The van der Waals surface area contributed by atoms with E-state index in [1.165, 1.54) is 12.1 Å². The van der Waals surface area contributed by atoms with Crippen LogP contribution in [-0.2, 0) is 16.6 Å². The monoisotopic (exact) mass is 283 g/mol. The molecule has 18 heavy (non-hydrogen) atoms. The molecule has 0 aliphatic carbocycles. The number of nitrogens with two attached hydrogens (primary N) is 1. The highest BCUT2D eigenvalue weighted by molar-refractivity contribution is 7.84. The van der Waals surface area contributed by atoms with Gasteiger partial charge in [0.25, 0.3) is 0 Å². The molecule has 0 heterocycles. The van der Waals surface area contributed by atoms with E-state index >= 15 is 0 Å². The zero-order valence-electron chi connectivity index (χ0n) is 9.40. The molecule has 0 bridgehead atoms. The quantitative estimate of drug-likeness (QED) is 0.878. The molecule has 0 amide bonds. The van der Waals surface area contributed by atoms with Gasteiger partial charge < -0.3 is 5.73 Å². The van der Waals surface area contributed by atoms with Crippen molar-refractivity contribution in [2.24, 2.45) is 0 Å². The van der Waals surface area contributed by atoms with Crippen LogP contribution in [0.2, 0.25) is 5.02 Å². The summed E-state index contributed by atoms with van der Waals surface area (Å²) in [5, 5.41) is 0.571. The van der Waals surface area contributed by atoms with Gasteiger partial charge in [-0.15, -0.1) is 0 Å². The van der Waals surface area contributed by atoms with E-state index in [9.17, 15) is 8.60 Å². The van der Waals surface area contributed by atoms with E-state index in [0.717, 1.165) is 0 Å². The normalized spacial score (nSPS) is 12.3. The highest BCUT2D eigenvalue weighted by atomic mass is 35.5. The lowest BCUT2D eigenvalue weighted by Gasteiger charge is -2.07. The van der Waals surface area contributed by atoms with Gasteiger partial charge in [-0.3, -0.25) is 4.21 Å². The number of hydrogen-bond acceptors (Lipinski definition) is 2. The van der Waals surface area contributed by atoms with Gasteiger partial charge in [0, 0.05) is 21.2 Å². The first-order chi connectivity index (χ1) is 8.58. The average molecular weight is 284 g/mol. The van der Waals surface area contributed by atoms with Gasteiger partial charge in [-0.1, -0.05) is 17.7 Å². The van der Waals surface area contributed by atoms with Crippen LogP contribution in [0.15, 0.2) is 47.4 Å². The molecule has 2 nitrogen and oxygen atoms in total. The van der Waals surface area contributed by atoms with Gasteiger partial charge in [0.2, 0.25) is 0 Å². The van der Waals surface area contributed by atoms with Crippen LogP contribution in [0, 0.1) is 5.82 Å². The summed E-state index contributed by atoms with van der Waals surface area (Å²) in [5.41, 5.74) is 6.28. The van der Waals surface area contributed by atoms with Gasteiger partial charge in [0.05, 0.1) is 16.6 Å². The molecule has 0 spiro atoms. The topological polar surface area (TPSA) is 43.1 Å². The summed E-state index contributed by atoms with van der Waals surface area (Å²) < 4.78 is 25.6. The van der Waals surface area contributed by atoms with Crippen molar-refractivity contribution >= 4 is 28.1 Å². The van der Waals surface area contributed by atoms with Crippen molar-refractivity contribution in [3.05, 3.63) is 58.9 Å². The minimum atomic E-state index is -1.34. The van der Waals surface area contributed by atoms with Crippen LogP contribution in [0.3, 0.4) is 0 Å². The summed E-state index contributed by atoms with van der Waals surface area (Å²) in [6, 6.07) is 11.1. The van der Waals surface area contributed by atoms with Gasteiger partial charge in [-0.25, -0.2) is 4.39 Å². The van der Waals surface area contributed by atoms with Crippen LogP contribution in [-0.4, -0.2) is 4.21 Å². The van der Waals surface area contributed by atoms with Crippen molar-refractivity contribution in [2.45, 2.75) is 10.6 Å². The van der Waals surface area contributed by atoms with Crippen LogP contribution in [0.5, 0.6) is 0 Å². The fourth-order valence-corrected chi connectivity index (χ4v) is 2.83. The predicted octanol–water partition coefficient (Wildman–Crippen LogP) is 3.37. The lowest BCUT2D eigenvalue weighted by molar-refractivity contribution is 0.616. The third kappa shape index (κ3) is 2.89. The lowest BCUT2D eigenvalue weighted by Crippen LogP contribution is -2.03.